The van der Waals surface area contributed by atoms with Gasteiger partial charge in [-0.1, -0.05) is 6.07 Å². The molecule has 0 amide bonds. The summed E-state index contributed by atoms with van der Waals surface area (Å²) in [6.45, 7) is 2.38. The normalized spacial score (nSPS) is 26.1. The van der Waals surface area contributed by atoms with E-state index in [2.05, 4.69) is 10.2 Å². The molecule has 2 aliphatic heterocycles. The molecule has 0 radical (unpaired) electrons. The number of aliphatic carboxylic acids is 1. The van der Waals surface area contributed by atoms with Gasteiger partial charge in [-0.25, -0.2) is 4.39 Å². The van der Waals surface area contributed by atoms with Gasteiger partial charge in [0.2, 0.25) is 0 Å². The number of carboxylic acids is 1. The molecule has 2 saturated heterocycles. The Morgan fingerprint density at radius 2 is 2.10 bits per heavy atom. The van der Waals surface area contributed by atoms with Gasteiger partial charge in [0.1, 0.15) is 5.82 Å². The summed E-state index contributed by atoms with van der Waals surface area (Å²) in [5, 5.41) is 12.4. The average molecular weight is 278 g/mol. The van der Waals surface area contributed by atoms with Gasteiger partial charge in [-0.2, -0.15) is 0 Å². The number of carbonyl (C=O) groups is 1. The molecule has 108 valence electrons. The van der Waals surface area contributed by atoms with Crippen LogP contribution in [-0.4, -0.2) is 30.7 Å². The van der Waals surface area contributed by atoms with Crippen molar-refractivity contribution < 1.29 is 14.3 Å². The summed E-state index contributed by atoms with van der Waals surface area (Å²) in [5.74, 6) is -1.34. The van der Waals surface area contributed by atoms with Gasteiger partial charge in [-0.3, -0.25) is 4.79 Å². The van der Waals surface area contributed by atoms with Crippen molar-refractivity contribution in [3.05, 3.63) is 29.6 Å². The van der Waals surface area contributed by atoms with Gasteiger partial charge in [0.25, 0.3) is 0 Å². The smallest absolute Gasteiger partial charge is 0.307 e. The molecule has 2 aliphatic rings. The molecule has 0 aliphatic carbocycles. The summed E-state index contributed by atoms with van der Waals surface area (Å²) in [6.07, 6.45) is 2.83. The highest BCUT2D eigenvalue weighted by molar-refractivity contribution is 5.71. The van der Waals surface area contributed by atoms with E-state index in [1.165, 1.54) is 6.07 Å². The summed E-state index contributed by atoms with van der Waals surface area (Å²) >= 11 is 0. The number of nitrogens with one attached hydrogen (secondary N) is 1. The number of anilines is 1. The fourth-order valence-corrected chi connectivity index (χ4v) is 3.20. The van der Waals surface area contributed by atoms with Crippen molar-refractivity contribution in [2.24, 2.45) is 5.92 Å². The molecule has 2 unspecified atom stereocenters. The van der Waals surface area contributed by atoms with E-state index in [0.717, 1.165) is 37.2 Å². The van der Waals surface area contributed by atoms with Crippen LogP contribution in [0.2, 0.25) is 0 Å². The number of hydrogen-bond donors (Lipinski definition) is 2. The number of carboxylic acid groups (broad SMARTS) is 1. The lowest BCUT2D eigenvalue weighted by atomic mass is 9.98. The summed E-state index contributed by atoms with van der Waals surface area (Å²) < 4.78 is 13.6. The van der Waals surface area contributed by atoms with Crippen LogP contribution in [0.3, 0.4) is 0 Å². The first-order chi connectivity index (χ1) is 9.65. The van der Waals surface area contributed by atoms with Gasteiger partial charge < -0.3 is 15.3 Å². The monoisotopic (exact) mass is 278 g/mol. The lowest BCUT2D eigenvalue weighted by Crippen LogP contribution is -2.22. The zero-order chi connectivity index (χ0) is 14.1. The highest BCUT2D eigenvalue weighted by Gasteiger charge is 2.32. The Balaban J connectivity index is 1.87. The van der Waals surface area contributed by atoms with E-state index < -0.39 is 5.97 Å². The zero-order valence-electron chi connectivity index (χ0n) is 11.3. The standard InChI is InChI=1S/C15H19FN2O2/c16-11-3-4-12(13-7-10(9-17-13)15(19)20)14(8-11)18-5-1-2-6-18/h3-4,8,10,13,17H,1-2,5-7,9H2,(H,19,20). The number of halogens is 1. The minimum Gasteiger partial charge on any atom is -0.481 e. The first kappa shape index (κ1) is 13.4. The van der Waals surface area contributed by atoms with Crippen LogP contribution < -0.4 is 10.2 Å². The zero-order valence-corrected chi connectivity index (χ0v) is 11.3. The topological polar surface area (TPSA) is 52.6 Å². The molecule has 0 aromatic heterocycles. The van der Waals surface area contributed by atoms with Crippen LogP contribution in [0.1, 0.15) is 30.9 Å². The molecule has 4 nitrogen and oxygen atoms in total. The van der Waals surface area contributed by atoms with Gasteiger partial charge in [0.05, 0.1) is 5.92 Å². The van der Waals surface area contributed by atoms with Crippen molar-refractivity contribution >= 4 is 11.7 Å². The fraction of sp³-hybridized carbons (Fsp3) is 0.533. The molecule has 0 spiro atoms. The molecule has 1 aromatic rings. The van der Waals surface area contributed by atoms with Gasteiger partial charge in [-0.15, -0.1) is 0 Å². The molecule has 2 atom stereocenters. The number of rotatable bonds is 3. The molecule has 1 aromatic carbocycles. The van der Waals surface area contributed by atoms with Gasteiger partial charge in [0.15, 0.2) is 0 Å². The Hall–Kier alpha value is -1.62. The van der Waals surface area contributed by atoms with Crippen molar-refractivity contribution in [3.8, 4) is 0 Å². The van der Waals surface area contributed by atoms with Crippen LogP contribution in [0.5, 0.6) is 0 Å². The van der Waals surface area contributed by atoms with E-state index in [1.54, 1.807) is 12.1 Å². The maximum Gasteiger partial charge on any atom is 0.307 e. The Kier molecular flexibility index (Phi) is 3.61. The predicted octanol–water partition coefficient (Wildman–Crippen LogP) is 2.16. The highest BCUT2D eigenvalue weighted by Crippen LogP contribution is 2.35. The Labute approximate surface area is 117 Å². The van der Waals surface area contributed by atoms with Crippen LogP contribution in [0.25, 0.3) is 0 Å². The third kappa shape index (κ3) is 2.50. The lowest BCUT2D eigenvalue weighted by Gasteiger charge is -2.24. The van der Waals surface area contributed by atoms with Gasteiger partial charge in [0, 0.05) is 31.4 Å². The summed E-state index contributed by atoms with van der Waals surface area (Å²) in [5.41, 5.74) is 1.95. The highest BCUT2D eigenvalue weighted by atomic mass is 19.1. The number of benzene rings is 1. The van der Waals surface area contributed by atoms with Crippen LogP contribution in [-0.2, 0) is 4.79 Å². The Bertz CT molecular complexity index is 515. The second-order valence-electron chi connectivity index (χ2n) is 5.63. The third-order valence-electron chi connectivity index (χ3n) is 4.29. The fourth-order valence-electron chi connectivity index (χ4n) is 3.20. The summed E-state index contributed by atoms with van der Waals surface area (Å²) in [7, 11) is 0. The molecule has 2 fully saturated rings. The molecule has 20 heavy (non-hydrogen) atoms. The first-order valence-corrected chi connectivity index (χ1v) is 7.16. The van der Waals surface area contributed by atoms with Crippen LogP contribution in [0.15, 0.2) is 18.2 Å². The van der Waals surface area contributed by atoms with Crippen molar-refractivity contribution in [2.75, 3.05) is 24.5 Å². The van der Waals surface area contributed by atoms with E-state index in [9.17, 15) is 9.18 Å². The largest absolute Gasteiger partial charge is 0.481 e. The van der Waals surface area contributed by atoms with Crippen LogP contribution in [0.4, 0.5) is 10.1 Å². The van der Waals surface area contributed by atoms with Crippen molar-refractivity contribution in [2.45, 2.75) is 25.3 Å². The minimum absolute atomic E-state index is 0.00676. The second kappa shape index (κ2) is 5.40. The third-order valence-corrected chi connectivity index (χ3v) is 4.29. The van der Waals surface area contributed by atoms with E-state index in [1.807, 2.05) is 0 Å². The molecule has 5 heteroatoms. The Morgan fingerprint density at radius 3 is 2.75 bits per heavy atom. The maximum absolute atomic E-state index is 13.6. The summed E-state index contributed by atoms with van der Waals surface area (Å²) in [4.78, 5) is 13.3. The van der Waals surface area contributed by atoms with E-state index in [4.69, 9.17) is 5.11 Å². The molecular weight excluding hydrogens is 259 g/mol. The Morgan fingerprint density at radius 1 is 1.35 bits per heavy atom. The predicted molar refractivity (Wildman–Crippen MR) is 74.3 cm³/mol. The quantitative estimate of drug-likeness (QED) is 0.889. The van der Waals surface area contributed by atoms with E-state index in [0.29, 0.717) is 13.0 Å². The van der Waals surface area contributed by atoms with Crippen molar-refractivity contribution in [3.63, 3.8) is 0 Å². The maximum atomic E-state index is 13.6. The van der Waals surface area contributed by atoms with E-state index in [-0.39, 0.29) is 17.8 Å². The van der Waals surface area contributed by atoms with Gasteiger partial charge >= 0.3 is 5.97 Å². The molecule has 0 saturated carbocycles. The molecule has 3 rings (SSSR count). The SMILES string of the molecule is O=C(O)C1CNC(c2ccc(F)cc2N2CCCC2)C1. The molecule has 2 N–H and O–H groups in total. The minimum atomic E-state index is -0.759. The summed E-state index contributed by atoms with van der Waals surface area (Å²) in [6, 6.07) is 4.85. The molecule has 2 heterocycles. The second-order valence-corrected chi connectivity index (χ2v) is 5.63. The lowest BCUT2D eigenvalue weighted by molar-refractivity contribution is -0.141. The van der Waals surface area contributed by atoms with Crippen LogP contribution in [0, 0.1) is 11.7 Å². The first-order valence-electron chi connectivity index (χ1n) is 7.16. The van der Waals surface area contributed by atoms with Crippen LogP contribution >= 0.6 is 0 Å². The van der Waals surface area contributed by atoms with E-state index >= 15 is 0 Å². The average Bonchev–Trinajstić information content (AvgIpc) is 3.10. The van der Waals surface area contributed by atoms with Gasteiger partial charge in [-0.05, 0) is 37.0 Å². The number of hydrogen-bond acceptors (Lipinski definition) is 3. The van der Waals surface area contributed by atoms with Crippen molar-refractivity contribution in [1.29, 1.82) is 0 Å². The van der Waals surface area contributed by atoms with Crippen molar-refractivity contribution in [1.82, 2.24) is 5.32 Å². The molecular formula is C15H19FN2O2. The molecule has 0 bridgehead atoms. The number of nitrogens with zero attached hydrogens (tertiary/aromatic N) is 1.